The van der Waals surface area contributed by atoms with Gasteiger partial charge in [-0.3, -0.25) is 9.69 Å². The van der Waals surface area contributed by atoms with E-state index >= 15 is 0 Å². The van der Waals surface area contributed by atoms with Crippen LogP contribution in [-0.2, 0) is 21.5 Å². The van der Waals surface area contributed by atoms with Gasteiger partial charge in [-0.25, -0.2) is 9.10 Å². The zero-order valence-electron chi connectivity index (χ0n) is 30.9. The number of halogens is 3. The SMILES string of the molecule is CC(C)(C)OC(=O)NC1CCN(C(=O)C2CN(Cc3ccc(C4(C(F)(F)F)CC4)cc3)CCN2Sc2ccc3cc(OC4CCCC4)ccc3c2)CC1. The van der Waals surface area contributed by atoms with E-state index in [1.165, 1.54) is 12.8 Å². The number of nitrogens with one attached hydrogen (secondary N) is 1. The molecule has 2 aliphatic carbocycles. The van der Waals surface area contributed by atoms with Crippen LogP contribution in [0.3, 0.4) is 0 Å². The minimum atomic E-state index is -4.24. The molecule has 2 amide bonds. The summed E-state index contributed by atoms with van der Waals surface area (Å²) in [6.07, 6.45) is 1.82. The lowest BCUT2D eigenvalue weighted by molar-refractivity contribution is -0.160. The summed E-state index contributed by atoms with van der Waals surface area (Å²) in [6, 6.07) is 19.0. The fourth-order valence-corrected chi connectivity index (χ4v) is 8.96. The highest BCUT2D eigenvalue weighted by atomic mass is 32.2. The highest BCUT2D eigenvalue weighted by Crippen LogP contribution is 2.58. The highest BCUT2D eigenvalue weighted by molar-refractivity contribution is 7.97. The zero-order chi connectivity index (χ0) is 37.4. The molecule has 2 saturated carbocycles. The number of alkyl halides is 3. The highest BCUT2D eigenvalue weighted by Gasteiger charge is 2.64. The van der Waals surface area contributed by atoms with E-state index < -0.39 is 29.3 Å². The summed E-state index contributed by atoms with van der Waals surface area (Å²) in [6.45, 7) is 8.93. The van der Waals surface area contributed by atoms with E-state index in [-0.39, 0.29) is 24.8 Å². The first-order chi connectivity index (χ1) is 25.2. The number of benzene rings is 3. The van der Waals surface area contributed by atoms with E-state index in [4.69, 9.17) is 9.47 Å². The number of carbonyl (C=O) groups is 2. The average Bonchev–Trinajstić information content (AvgIpc) is 3.79. The lowest BCUT2D eigenvalue weighted by Gasteiger charge is -2.43. The summed E-state index contributed by atoms with van der Waals surface area (Å²) in [7, 11) is 0. The number of piperazine rings is 1. The molecular formula is C41H51F3N4O4S. The molecule has 3 aromatic rings. The van der Waals surface area contributed by atoms with Gasteiger partial charge in [-0.15, -0.1) is 0 Å². The van der Waals surface area contributed by atoms with Crippen molar-refractivity contribution in [2.24, 2.45) is 0 Å². The largest absolute Gasteiger partial charge is 0.490 e. The third kappa shape index (κ3) is 9.08. The number of fused-ring (bicyclic) bond motifs is 1. The number of nitrogens with zero attached hydrogens (tertiary/aromatic N) is 3. The van der Waals surface area contributed by atoms with Crippen LogP contribution in [0, 0.1) is 0 Å². The lowest BCUT2D eigenvalue weighted by Crippen LogP contribution is -2.58. The molecule has 286 valence electrons. The van der Waals surface area contributed by atoms with Gasteiger partial charge in [0.25, 0.3) is 0 Å². The van der Waals surface area contributed by atoms with E-state index in [0.717, 1.165) is 39.8 Å². The molecule has 1 atom stereocenters. The molecule has 53 heavy (non-hydrogen) atoms. The Kier molecular flexibility index (Phi) is 10.9. The van der Waals surface area contributed by atoms with Crippen LogP contribution in [0.25, 0.3) is 10.8 Å². The van der Waals surface area contributed by atoms with Crippen LogP contribution < -0.4 is 10.1 Å². The Hall–Kier alpha value is -3.48. The Morgan fingerprint density at radius 3 is 2.21 bits per heavy atom. The van der Waals surface area contributed by atoms with Gasteiger partial charge >= 0.3 is 12.3 Å². The molecule has 1 N–H and O–H groups in total. The number of alkyl carbamates (subject to hydrolysis) is 1. The van der Waals surface area contributed by atoms with Crippen molar-refractivity contribution in [1.29, 1.82) is 0 Å². The van der Waals surface area contributed by atoms with E-state index in [1.807, 2.05) is 31.7 Å². The third-order valence-electron chi connectivity index (χ3n) is 11.0. The van der Waals surface area contributed by atoms with Crippen LogP contribution in [0.4, 0.5) is 18.0 Å². The van der Waals surface area contributed by atoms with E-state index in [2.05, 4.69) is 44.9 Å². The first kappa shape index (κ1) is 37.8. The van der Waals surface area contributed by atoms with Crippen LogP contribution in [0.15, 0.2) is 65.6 Å². The number of piperidine rings is 1. The topological polar surface area (TPSA) is 74.4 Å². The molecular weight excluding hydrogens is 702 g/mol. The van der Waals surface area contributed by atoms with Crippen LogP contribution in [0.2, 0.25) is 0 Å². The molecule has 7 rings (SSSR count). The Labute approximate surface area is 314 Å². The van der Waals surface area contributed by atoms with Crippen molar-refractivity contribution in [1.82, 2.24) is 19.4 Å². The van der Waals surface area contributed by atoms with Gasteiger partial charge in [0.2, 0.25) is 5.91 Å². The molecule has 2 heterocycles. The molecule has 1 unspecified atom stereocenters. The standard InChI is InChI=1S/C41H51F3N4O4S/c1-39(2,3)52-38(50)45-32-16-20-47(21-17-32)37(49)36-27-46(26-28-8-12-31(13-9-28)40(18-19-40)41(42,43)44)22-23-48(36)53-35-15-11-29-24-34(14-10-30(29)25-35)51-33-6-4-5-7-33/h8-15,24-25,32-33,36H,4-7,16-23,26-27H2,1-3H3,(H,45,50). The smallest absolute Gasteiger partial charge is 0.407 e. The zero-order valence-corrected chi connectivity index (χ0v) is 31.7. The first-order valence-electron chi connectivity index (χ1n) is 19.1. The summed E-state index contributed by atoms with van der Waals surface area (Å²) >= 11 is 1.59. The fraction of sp³-hybridized carbons (Fsp3) is 0.561. The van der Waals surface area contributed by atoms with Gasteiger partial charge < -0.3 is 19.7 Å². The molecule has 2 saturated heterocycles. The van der Waals surface area contributed by atoms with Crippen molar-refractivity contribution in [2.75, 3.05) is 32.7 Å². The molecule has 0 bridgehead atoms. The van der Waals surface area contributed by atoms with E-state index in [1.54, 1.807) is 36.2 Å². The van der Waals surface area contributed by atoms with Crippen LogP contribution >= 0.6 is 11.9 Å². The minimum Gasteiger partial charge on any atom is -0.490 e. The Bertz CT molecular complexity index is 1760. The second-order valence-electron chi connectivity index (χ2n) is 16.2. The maximum absolute atomic E-state index is 14.3. The maximum atomic E-state index is 14.3. The monoisotopic (exact) mass is 752 g/mol. The third-order valence-corrected chi connectivity index (χ3v) is 12.2. The summed E-state index contributed by atoms with van der Waals surface area (Å²) < 4.78 is 55.1. The number of rotatable bonds is 9. The van der Waals surface area contributed by atoms with E-state index in [9.17, 15) is 22.8 Å². The van der Waals surface area contributed by atoms with Crippen molar-refractivity contribution in [3.8, 4) is 5.75 Å². The number of ether oxygens (including phenoxy) is 2. The van der Waals surface area contributed by atoms with Crippen LogP contribution in [0.1, 0.15) is 83.3 Å². The van der Waals surface area contributed by atoms with Gasteiger partial charge in [-0.05, 0) is 130 Å². The van der Waals surface area contributed by atoms with Gasteiger partial charge in [-0.1, -0.05) is 36.4 Å². The maximum Gasteiger partial charge on any atom is 0.407 e. The number of likely N-dealkylation sites (tertiary alicyclic amines) is 1. The van der Waals surface area contributed by atoms with Gasteiger partial charge in [0.1, 0.15) is 17.4 Å². The number of hydrogen-bond acceptors (Lipinski definition) is 7. The first-order valence-corrected chi connectivity index (χ1v) is 19.8. The molecule has 12 heteroatoms. The molecule has 0 spiro atoms. The van der Waals surface area contributed by atoms with Crippen molar-refractivity contribution in [3.05, 3.63) is 71.8 Å². The molecule has 3 aromatic carbocycles. The van der Waals surface area contributed by atoms with Gasteiger partial charge in [0.05, 0.1) is 11.5 Å². The second-order valence-corrected chi connectivity index (χ2v) is 17.3. The number of amides is 2. The minimum absolute atomic E-state index is 0.0450. The average molecular weight is 753 g/mol. The quantitative estimate of drug-likeness (QED) is 0.220. The van der Waals surface area contributed by atoms with E-state index in [0.29, 0.717) is 63.8 Å². The predicted molar refractivity (Wildman–Crippen MR) is 201 cm³/mol. The van der Waals surface area contributed by atoms with Crippen molar-refractivity contribution >= 4 is 34.7 Å². The number of carbonyl (C=O) groups excluding carboxylic acids is 2. The molecule has 4 fully saturated rings. The van der Waals surface area contributed by atoms with Gasteiger partial charge in [0.15, 0.2) is 0 Å². The fourth-order valence-electron chi connectivity index (χ4n) is 7.92. The van der Waals surface area contributed by atoms with Crippen molar-refractivity contribution < 1.29 is 32.2 Å². The van der Waals surface area contributed by atoms with Gasteiger partial charge in [0, 0.05) is 50.2 Å². The summed E-state index contributed by atoms with van der Waals surface area (Å²) in [5.74, 6) is 0.947. The van der Waals surface area contributed by atoms with Crippen LogP contribution in [0.5, 0.6) is 5.75 Å². The number of hydrogen-bond donors (Lipinski definition) is 1. The Morgan fingerprint density at radius 1 is 0.868 bits per heavy atom. The molecule has 0 aromatic heterocycles. The van der Waals surface area contributed by atoms with Gasteiger partial charge in [-0.2, -0.15) is 13.2 Å². The Balaban J connectivity index is 1.03. The summed E-state index contributed by atoms with van der Waals surface area (Å²) in [4.78, 5) is 31.9. The predicted octanol–water partition coefficient (Wildman–Crippen LogP) is 8.46. The summed E-state index contributed by atoms with van der Waals surface area (Å²) in [5, 5.41) is 5.18. The molecule has 4 aliphatic rings. The molecule has 2 aliphatic heterocycles. The van der Waals surface area contributed by atoms with Crippen LogP contribution in [-0.4, -0.2) is 88.8 Å². The summed E-state index contributed by atoms with van der Waals surface area (Å²) in [5.41, 5.74) is -1.02. The molecule has 8 nitrogen and oxygen atoms in total. The molecule has 0 radical (unpaired) electrons. The second kappa shape index (κ2) is 15.3. The normalized spacial score (nSPS) is 21.8. The van der Waals surface area contributed by atoms with Crippen molar-refractivity contribution in [2.45, 2.75) is 119 Å². The Morgan fingerprint density at radius 2 is 1.55 bits per heavy atom. The lowest BCUT2D eigenvalue weighted by atomic mass is 9.94. The van der Waals surface area contributed by atoms with Crippen molar-refractivity contribution in [3.63, 3.8) is 0 Å².